The van der Waals surface area contributed by atoms with Crippen molar-refractivity contribution in [2.45, 2.75) is 51.6 Å². The highest BCUT2D eigenvalue weighted by Gasteiger charge is 2.35. The van der Waals surface area contributed by atoms with Crippen molar-refractivity contribution in [2.24, 2.45) is 11.8 Å². The Morgan fingerprint density at radius 3 is 2.19 bits per heavy atom. The Kier molecular flexibility index (Phi) is 4.41. The van der Waals surface area contributed by atoms with E-state index in [1.54, 1.807) is 0 Å². The first kappa shape index (κ1) is 14.0. The van der Waals surface area contributed by atoms with Gasteiger partial charge in [-0.05, 0) is 43.9 Å². The highest BCUT2D eigenvalue weighted by molar-refractivity contribution is 7.90. The summed E-state index contributed by atoms with van der Waals surface area (Å²) in [5.41, 5.74) is -0.623. The fraction of sp³-hybridized carbons (Fsp3) is 1.00. The maximum absolute atomic E-state index is 11.0. The molecular weight excluding hydrogens is 224 g/mol. The van der Waals surface area contributed by atoms with Crippen LogP contribution in [0, 0.1) is 11.8 Å². The monoisotopic (exact) mass is 248 g/mol. The molecule has 4 heteroatoms. The molecule has 16 heavy (non-hydrogen) atoms. The number of hydrogen-bond acceptors (Lipinski definition) is 3. The SMILES string of the molecule is CC1CC(C)CC(O)(CCCS(C)(=O)=O)C1. The van der Waals surface area contributed by atoms with Gasteiger partial charge in [-0.25, -0.2) is 8.42 Å². The van der Waals surface area contributed by atoms with Gasteiger partial charge in [0.25, 0.3) is 0 Å². The van der Waals surface area contributed by atoms with Gasteiger partial charge >= 0.3 is 0 Å². The molecule has 1 saturated carbocycles. The van der Waals surface area contributed by atoms with Crippen LogP contribution in [0.25, 0.3) is 0 Å². The minimum Gasteiger partial charge on any atom is -0.390 e. The number of hydrogen-bond donors (Lipinski definition) is 1. The van der Waals surface area contributed by atoms with Gasteiger partial charge in [0.15, 0.2) is 0 Å². The minimum absolute atomic E-state index is 0.193. The van der Waals surface area contributed by atoms with Gasteiger partial charge in [0, 0.05) is 12.0 Å². The van der Waals surface area contributed by atoms with Gasteiger partial charge in [0.2, 0.25) is 0 Å². The molecule has 1 rings (SSSR count). The van der Waals surface area contributed by atoms with E-state index < -0.39 is 15.4 Å². The lowest BCUT2D eigenvalue weighted by molar-refractivity contribution is -0.0378. The zero-order valence-electron chi connectivity index (χ0n) is 10.6. The second-order valence-electron chi connectivity index (χ2n) is 5.81. The maximum Gasteiger partial charge on any atom is 0.147 e. The molecule has 2 unspecified atom stereocenters. The Morgan fingerprint density at radius 1 is 1.25 bits per heavy atom. The van der Waals surface area contributed by atoms with Crippen molar-refractivity contribution in [3.63, 3.8) is 0 Å². The molecule has 96 valence electrons. The van der Waals surface area contributed by atoms with Gasteiger partial charge in [-0.1, -0.05) is 13.8 Å². The van der Waals surface area contributed by atoms with Crippen LogP contribution in [0.4, 0.5) is 0 Å². The van der Waals surface area contributed by atoms with Crippen molar-refractivity contribution in [3.05, 3.63) is 0 Å². The first-order valence-corrected chi connectivity index (χ1v) is 8.16. The standard InChI is InChI=1S/C12H24O3S/c1-10-7-11(2)9-12(13,8-10)5-4-6-16(3,14)15/h10-11,13H,4-9H2,1-3H3. The van der Waals surface area contributed by atoms with Gasteiger partial charge in [-0.3, -0.25) is 0 Å². The summed E-state index contributed by atoms with van der Waals surface area (Å²) in [5, 5.41) is 10.4. The van der Waals surface area contributed by atoms with Crippen LogP contribution in [0.2, 0.25) is 0 Å². The van der Waals surface area contributed by atoms with E-state index in [1.807, 2.05) is 0 Å². The highest BCUT2D eigenvalue weighted by atomic mass is 32.2. The van der Waals surface area contributed by atoms with Crippen LogP contribution in [0.3, 0.4) is 0 Å². The minimum atomic E-state index is -2.89. The molecular formula is C12H24O3S. The molecule has 1 N–H and O–H groups in total. The summed E-state index contributed by atoms with van der Waals surface area (Å²) in [7, 11) is -2.89. The molecule has 0 heterocycles. The van der Waals surface area contributed by atoms with Crippen molar-refractivity contribution in [2.75, 3.05) is 12.0 Å². The maximum atomic E-state index is 11.0. The van der Waals surface area contributed by atoms with E-state index in [2.05, 4.69) is 13.8 Å². The van der Waals surface area contributed by atoms with Crippen LogP contribution in [0.1, 0.15) is 46.0 Å². The highest BCUT2D eigenvalue weighted by Crippen LogP contribution is 2.38. The fourth-order valence-corrected chi connectivity index (χ4v) is 3.77. The molecule has 0 saturated heterocycles. The van der Waals surface area contributed by atoms with Gasteiger partial charge < -0.3 is 5.11 Å². The van der Waals surface area contributed by atoms with E-state index in [0.717, 1.165) is 12.8 Å². The van der Waals surface area contributed by atoms with Gasteiger partial charge in [0.05, 0.1) is 5.60 Å². The molecule has 2 atom stereocenters. The first-order chi connectivity index (χ1) is 7.20. The molecule has 0 aromatic heterocycles. The Hall–Kier alpha value is -0.0900. The third-order valence-electron chi connectivity index (χ3n) is 3.42. The second kappa shape index (κ2) is 5.05. The van der Waals surface area contributed by atoms with E-state index in [0.29, 0.717) is 24.7 Å². The second-order valence-corrected chi connectivity index (χ2v) is 8.07. The molecule has 1 fully saturated rings. The largest absolute Gasteiger partial charge is 0.390 e. The van der Waals surface area contributed by atoms with Gasteiger partial charge in [-0.15, -0.1) is 0 Å². The average molecular weight is 248 g/mol. The Morgan fingerprint density at radius 2 is 1.75 bits per heavy atom. The lowest BCUT2D eigenvalue weighted by Crippen LogP contribution is -2.38. The molecule has 3 nitrogen and oxygen atoms in total. The Labute approximate surface area is 99.2 Å². The normalized spacial score (nSPS) is 36.2. The Balaban J connectivity index is 2.45. The molecule has 0 spiro atoms. The summed E-state index contributed by atoms with van der Waals surface area (Å²) in [6.45, 7) is 4.33. The van der Waals surface area contributed by atoms with Crippen LogP contribution in [0.15, 0.2) is 0 Å². The number of aliphatic hydroxyl groups is 1. The number of sulfone groups is 1. The molecule has 0 aliphatic heterocycles. The van der Waals surface area contributed by atoms with Crippen molar-refractivity contribution < 1.29 is 13.5 Å². The Bertz CT molecular complexity index is 311. The summed E-state index contributed by atoms with van der Waals surface area (Å²) < 4.78 is 22.0. The van der Waals surface area contributed by atoms with E-state index in [1.165, 1.54) is 12.7 Å². The molecule has 0 aromatic rings. The smallest absolute Gasteiger partial charge is 0.147 e. The number of rotatable bonds is 4. The lowest BCUT2D eigenvalue weighted by atomic mass is 9.72. The predicted octanol–water partition coefficient (Wildman–Crippen LogP) is 2.00. The van der Waals surface area contributed by atoms with E-state index in [-0.39, 0.29) is 5.75 Å². The van der Waals surface area contributed by atoms with Crippen molar-refractivity contribution >= 4 is 9.84 Å². The average Bonchev–Trinajstić information content (AvgIpc) is 1.96. The molecule has 0 amide bonds. The van der Waals surface area contributed by atoms with Crippen molar-refractivity contribution in [1.82, 2.24) is 0 Å². The van der Waals surface area contributed by atoms with E-state index >= 15 is 0 Å². The molecule has 0 bridgehead atoms. The van der Waals surface area contributed by atoms with Crippen LogP contribution in [0.5, 0.6) is 0 Å². The van der Waals surface area contributed by atoms with Crippen LogP contribution in [-0.4, -0.2) is 31.1 Å². The van der Waals surface area contributed by atoms with Crippen molar-refractivity contribution in [1.29, 1.82) is 0 Å². The lowest BCUT2D eigenvalue weighted by Gasteiger charge is -2.39. The summed E-state index contributed by atoms with van der Waals surface area (Å²) >= 11 is 0. The first-order valence-electron chi connectivity index (χ1n) is 6.10. The topological polar surface area (TPSA) is 54.4 Å². The van der Waals surface area contributed by atoms with Gasteiger partial charge in [-0.2, -0.15) is 0 Å². The molecule has 0 radical (unpaired) electrons. The van der Waals surface area contributed by atoms with Crippen molar-refractivity contribution in [3.8, 4) is 0 Å². The zero-order valence-corrected chi connectivity index (χ0v) is 11.4. The zero-order chi connectivity index (χ0) is 12.4. The van der Waals surface area contributed by atoms with Crippen LogP contribution < -0.4 is 0 Å². The summed E-state index contributed by atoms with van der Waals surface area (Å²) in [6.07, 6.45) is 5.27. The molecule has 0 aromatic carbocycles. The summed E-state index contributed by atoms with van der Waals surface area (Å²) in [4.78, 5) is 0. The third kappa shape index (κ3) is 4.83. The summed E-state index contributed by atoms with van der Waals surface area (Å²) in [5.74, 6) is 1.29. The van der Waals surface area contributed by atoms with E-state index in [9.17, 15) is 13.5 Å². The third-order valence-corrected chi connectivity index (χ3v) is 4.45. The quantitative estimate of drug-likeness (QED) is 0.828. The summed E-state index contributed by atoms with van der Waals surface area (Å²) in [6, 6.07) is 0. The van der Waals surface area contributed by atoms with Gasteiger partial charge in [0.1, 0.15) is 9.84 Å². The predicted molar refractivity (Wildman–Crippen MR) is 66.1 cm³/mol. The molecule has 1 aliphatic rings. The fourth-order valence-electron chi connectivity index (χ4n) is 3.10. The van der Waals surface area contributed by atoms with E-state index in [4.69, 9.17) is 0 Å². The van der Waals surface area contributed by atoms with Crippen LogP contribution in [-0.2, 0) is 9.84 Å². The molecule has 1 aliphatic carbocycles. The van der Waals surface area contributed by atoms with Crippen LogP contribution >= 0.6 is 0 Å².